The van der Waals surface area contributed by atoms with Gasteiger partial charge in [-0.2, -0.15) is 0 Å². The Kier molecular flexibility index (Phi) is 3.42. The molecule has 4 nitrogen and oxygen atoms in total. The molecule has 2 rings (SSSR count). The van der Waals surface area contributed by atoms with Gasteiger partial charge in [0.2, 0.25) is 0 Å². The van der Waals surface area contributed by atoms with E-state index in [2.05, 4.69) is 26.1 Å². The van der Waals surface area contributed by atoms with Crippen LogP contribution in [0, 0.1) is 12.7 Å². The van der Waals surface area contributed by atoms with Gasteiger partial charge in [-0.25, -0.2) is 4.39 Å². The zero-order valence-corrected chi connectivity index (χ0v) is 11.0. The first-order chi connectivity index (χ1) is 8.08. The van der Waals surface area contributed by atoms with Crippen LogP contribution >= 0.6 is 15.9 Å². The van der Waals surface area contributed by atoms with Crippen LogP contribution in [0.25, 0.3) is 0 Å². The molecule has 1 aromatic heterocycles. The van der Waals surface area contributed by atoms with E-state index in [0.717, 1.165) is 10.3 Å². The minimum atomic E-state index is -0.396. The summed E-state index contributed by atoms with van der Waals surface area (Å²) in [5.74, 6) is 1.24. The Balaban J connectivity index is 2.12. The fraction of sp³-hybridized carbons (Fsp3) is 0.273. The van der Waals surface area contributed by atoms with Crippen LogP contribution in [0.15, 0.2) is 22.7 Å². The molecule has 0 atom stereocenters. The molecule has 0 aliphatic rings. The highest BCUT2D eigenvalue weighted by molar-refractivity contribution is 9.10. The lowest BCUT2D eigenvalue weighted by molar-refractivity contribution is 0.276. The molecule has 1 heterocycles. The van der Waals surface area contributed by atoms with Crippen LogP contribution in [-0.4, -0.2) is 14.8 Å². The highest BCUT2D eigenvalue weighted by Crippen LogP contribution is 2.22. The monoisotopic (exact) mass is 299 g/mol. The maximum absolute atomic E-state index is 13.4. The minimum Gasteiger partial charge on any atom is -0.482 e. The van der Waals surface area contributed by atoms with Gasteiger partial charge < -0.3 is 9.30 Å². The molecule has 2 aromatic rings. The predicted molar refractivity (Wildman–Crippen MR) is 64.2 cm³/mol. The van der Waals surface area contributed by atoms with Crippen molar-refractivity contribution in [1.29, 1.82) is 0 Å². The van der Waals surface area contributed by atoms with Crippen molar-refractivity contribution in [2.75, 3.05) is 0 Å². The molecule has 0 aliphatic carbocycles. The summed E-state index contributed by atoms with van der Waals surface area (Å²) < 4.78 is 21.3. The molecule has 6 heteroatoms. The second-order valence-electron chi connectivity index (χ2n) is 3.59. The van der Waals surface area contributed by atoms with Crippen molar-refractivity contribution in [2.45, 2.75) is 13.5 Å². The molecule has 0 unspecified atom stereocenters. The van der Waals surface area contributed by atoms with Crippen LogP contribution in [0.5, 0.6) is 5.75 Å². The summed E-state index contributed by atoms with van der Waals surface area (Å²) in [4.78, 5) is 0. The number of halogens is 2. The largest absolute Gasteiger partial charge is 0.482 e. The summed E-state index contributed by atoms with van der Waals surface area (Å²) in [7, 11) is 1.84. The molecule has 0 fully saturated rings. The molecule has 0 bridgehead atoms. The number of benzene rings is 1. The van der Waals surface area contributed by atoms with Crippen molar-refractivity contribution in [3.63, 3.8) is 0 Å². The molecule has 0 radical (unpaired) electrons. The van der Waals surface area contributed by atoms with E-state index in [1.165, 1.54) is 6.07 Å². The second kappa shape index (κ2) is 4.83. The highest BCUT2D eigenvalue weighted by atomic mass is 79.9. The lowest BCUT2D eigenvalue weighted by Gasteiger charge is -2.07. The Morgan fingerprint density at radius 1 is 1.41 bits per heavy atom. The fourth-order valence-corrected chi connectivity index (χ4v) is 1.65. The van der Waals surface area contributed by atoms with Crippen LogP contribution in [-0.2, 0) is 13.7 Å². The van der Waals surface area contributed by atoms with E-state index in [-0.39, 0.29) is 12.4 Å². The summed E-state index contributed by atoms with van der Waals surface area (Å²) in [6.07, 6.45) is 0. The van der Waals surface area contributed by atoms with E-state index < -0.39 is 5.82 Å². The van der Waals surface area contributed by atoms with Crippen molar-refractivity contribution >= 4 is 15.9 Å². The molecular weight excluding hydrogens is 289 g/mol. The molecule has 0 amide bonds. The van der Waals surface area contributed by atoms with Crippen molar-refractivity contribution < 1.29 is 9.13 Å². The lowest BCUT2D eigenvalue weighted by Crippen LogP contribution is -2.05. The maximum atomic E-state index is 13.4. The fourth-order valence-electron chi connectivity index (χ4n) is 1.31. The number of hydrogen-bond donors (Lipinski definition) is 0. The molecular formula is C11H11BrFN3O. The van der Waals surface area contributed by atoms with Crippen LogP contribution in [0.1, 0.15) is 11.6 Å². The number of aromatic nitrogens is 3. The molecule has 17 heavy (non-hydrogen) atoms. The summed E-state index contributed by atoms with van der Waals surface area (Å²) in [6, 6.07) is 4.55. The van der Waals surface area contributed by atoms with Gasteiger partial charge in [-0.1, -0.05) is 15.9 Å². The number of rotatable bonds is 3. The van der Waals surface area contributed by atoms with E-state index in [1.807, 2.05) is 14.0 Å². The minimum absolute atomic E-state index is 0.185. The number of nitrogens with zero attached hydrogens (tertiary/aromatic N) is 3. The first-order valence-corrected chi connectivity index (χ1v) is 5.80. The van der Waals surface area contributed by atoms with Crippen molar-refractivity contribution in [1.82, 2.24) is 14.8 Å². The molecule has 0 spiro atoms. The van der Waals surface area contributed by atoms with Crippen LogP contribution in [0.4, 0.5) is 4.39 Å². The van der Waals surface area contributed by atoms with Gasteiger partial charge in [0.1, 0.15) is 12.4 Å². The molecule has 0 N–H and O–H groups in total. The third-order valence-corrected chi connectivity index (χ3v) is 2.93. The van der Waals surface area contributed by atoms with E-state index in [1.54, 1.807) is 16.7 Å². The van der Waals surface area contributed by atoms with Crippen LogP contribution in [0.2, 0.25) is 0 Å². The standard InChI is InChI=1S/C11H11BrFN3O/c1-7-14-15-11(16(7)2)6-17-10-5-8(12)3-4-9(10)13/h3-5H,6H2,1-2H3. The molecule has 0 aliphatic heterocycles. The van der Waals surface area contributed by atoms with Gasteiger partial charge in [-0.05, 0) is 25.1 Å². The van der Waals surface area contributed by atoms with Crippen LogP contribution < -0.4 is 4.74 Å². The molecule has 0 saturated carbocycles. The molecule has 0 saturated heterocycles. The van der Waals surface area contributed by atoms with Gasteiger partial charge in [-0.15, -0.1) is 10.2 Å². The Bertz CT molecular complexity index is 542. The predicted octanol–water partition coefficient (Wildman–Crippen LogP) is 2.60. The Morgan fingerprint density at radius 3 is 2.82 bits per heavy atom. The summed E-state index contributed by atoms with van der Waals surface area (Å²) in [5, 5.41) is 7.83. The van der Waals surface area contributed by atoms with E-state index in [0.29, 0.717) is 5.82 Å². The lowest BCUT2D eigenvalue weighted by atomic mass is 10.3. The quantitative estimate of drug-likeness (QED) is 0.875. The number of aryl methyl sites for hydroxylation is 1. The average Bonchev–Trinajstić information content (AvgIpc) is 2.62. The third-order valence-electron chi connectivity index (χ3n) is 2.43. The first kappa shape index (κ1) is 12.0. The zero-order valence-electron chi connectivity index (χ0n) is 9.44. The van der Waals surface area contributed by atoms with Crippen molar-refractivity contribution in [3.05, 3.63) is 40.1 Å². The Labute approximate surface area is 107 Å². The molecule has 1 aromatic carbocycles. The normalized spacial score (nSPS) is 10.6. The van der Waals surface area contributed by atoms with Crippen molar-refractivity contribution in [2.24, 2.45) is 7.05 Å². The average molecular weight is 300 g/mol. The maximum Gasteiger partial charge on any atom is 0.170 e. The van der Waals surface area contributed by atoms with E-state index >= 15 is 0 Å². The first-order valence-electron chi connectivity index (χ1n) is 5.00. The Hall–Kier alpha value is -1.43. The summed E-state index contributed by atoms with van der Waals surface area (Å²) in [5.41, 5.74) is 0. The van der Waals surface area contributed by atoms with E-state index in [4.69, 9.17) is 4.74 Å². The van der Waals surface area contributed by atoms with Gasteiger partial charge >= 0.3 is 0 Å². The Morgan fingerprint density at radius 2 is 2.18 bits per heavy atom. The SMILES string of the molecule is Cc1nnc(COc2cc(Br)ccc2F)n1C. The third kappa shape index (κ3) is 2.63. The van der Waals surface area contributed by atoms with Gasteiger partial charge in [0.05, 0.1) is 0 Å². The van der Waals surface area contributed by atoms with Gasteiger partial charge in [0.25, 0.3) is 0 Å². The number of ether oxygens (including phenoxy) is 1. The van der Waals surface area contributed by atoms with Gasteiger partial charge in [0, 0.05) is 11.5 Å². The number of hydrogen-bond acceptors (Lipinski definition) is 3. The topological polar surface area (TPSA) is 39.9 Å². The summed E-state index contributed by atoms with van der Waals surface area (Å²) in [6.45, 7) is 2.03. The van der Waals surface area contributed by atoms with Crippen molar-refractivity contribution in [3.8, 4) is 5.75 Å². The zero-order chi connectivity index (χ0) is 12.4. The molecule has 90 valence electrons. The smallest absolute Gasteiger partial charge is 0.170 e. The van der Waals surface area contributed by atoms with Gasteiger partial charge in [-0.3, -0.25) is 0 Å². The highest BCUT2D eigenvalue weighted by Gasteiger charge is 2.08. The van der Waals surface area contributed by atoms with Crippen LogP contribution in [0.3, 0.4) is 0 Å². The van der Waals surface area contributed by atoms with E-state index in [9.17, 15) is 4.39 Å². The summed E-state index contributed by atoms with van der Waals surface area (Å²) >= 11 is 3.26. The second-order valence-corrected chi connectivity index (χ2v) is 4.50. The van der Waals surface area contributed by atoms with Gasteiger partial charge in [0.15, 0.2) is 17.4 Å².